The average molecular weight is 373 g/mol. The highest BCUT2D eigenvalue weighted by atomic mass is 35.5. The van der Waals surface area contributed by atoms with Crippen molar-refractivity contribution < 1.29 is 18.7 Å². The van der Waals surface area contributed by atoms with Crippen molar-refractivity contribution in [2.45, 2.75) is 19.8 Å². The molecule has 0 N–H and O–H groups in total. The Morgan fingerprint density at radius 1 is 1.19 bits per heavy atom. The van der Waals surface area contributed by atoms with Gasteiger partial charge in [-0.1, -0.05) is 31.0 Å². The van der Waals surface area contributed by atoms with Crippen LogP contribution < -0.4 is 15.1 Å². The number of benzene rings is 2. The van der Waals surface area contributed by atoms with E-state index in [-0.39, 0.29) is 10.8 Å². The third-order valence-electron chi connectivity index (χ3n) is 3.91. The van der Waals surface area contributed by atoms with Crippen molar-refractivity contribution in [3.63, 3.8) is 0 Å². The Kier molecular flexibility index (Phi) is 5.28. The van der Waals surface area contributed by atoms with Gasteiger partial charge in [0.1, 0.15) is 11.3 Å². The summed E-state index contributed by atoms with van der Waals surface area (Å²) in [5, 5.41) is 0.998. The molecule has 6 heteroatoms. The van der Waals surface area contributed by atoms with E-state index in [2.05, 4.69) is 0 Å². The number of rotatable bonds is 5. The molecule has 26 heavy (non-hydrogen) atoms. The van der Waals surface area contributed by atoms with E-state index in [1.165, 1.54) is 19.2 Å². The first-order valence-corrected chi connectivity index (χ1v) is 8.52. The molecular formula is C20H17ClO5. The molecule has 1 aromatic heterocycles. The standard InChI is InChI=1S/C20H17ClO5/c1-3-5-12-9-19(22)25-17-11-18(16(21)10-15(12)17)26-20(23)13-6-4-7-14(8-13)24-2/h4,6-11H,3,5H2,1-2H3. The van der Waals surface area contributed by atoms with Crippen LogP contribution in [-0.2, 0) is 6.42 Å². The summed E-state index contributed by atoms with van der Waals surface area (Å²) in [7, 11) is 1.51. The predicted molar refractivity (Wildman–Crippen MR) is 99.4 cm³/mol. The van der Waals surface area contributed by atoms with E-state index in [4.69, 9.17) is 25.5 Å². The highest BCUT2D eigenvalue weighted by molar-refractivity contribution is 6.33. The van der Waals surface area contributed by atoms with Gasteiger partial charge in [0.15, 0.2) is 5.75 Å². The first-order valence-electron chi connectivity index (χ1n) is 8.14. The maximum atomic E-state index is 12.4. The summed E-state index contributed by atoms with van der Waals surface area (Å²) in [5.74, 6) is 0.0836. The Morgan fingerprint density at radius 2 is 2.00 bits per heavy atom. The highest BCUT2D eigenvalue weighted by Gasteiger charge is 2.15. The second kappa shape index (κ2) is 7.62. The number of carbonyl (C=O) groups is 1. The van der Waals surface area contributed by atoms with E-state index in [1.807, 2.05) is 6.92 Å². The molecule has 0 fully saturated rings. The third-order valence-corrected chi connectivity index (χ3v) is 4.21. The first-order chi connectivity index (χ1) is 12.5. The summed E-state index contributed by atoms with van der Waals surface area (Å²) in [5.41, 5.74) is 1.06. The molecule has 3 rings (SSSR count). The van der Waals surface area contributed by atoms with Gasteiger partial charge in [-0.3, -0.25) is 0 Å². The average Bonchev–Trinajstić information content (AvgIpc) is 2.63. The van der Waals surface area contributed by atoms with E-state index in [1.54, 1.807) is 30.3 Å². The topological polar surface area (TPSA) is 65.7 Å². The molecular weight excluding hydrogens is 356 g/mol. The SMILES string of the molecule is CCCc1cc(=O)oc2cc(OC(=O)c3cccc(OC)c3)c(Cl)cc12. The van der Waals surface area contributed by atoms with E-state index in [0.29, 0.717) is 16.9 Å². The predicted octanol–water partition coefficient (Wildman–Crippen LogP) is 4.63. The molecule has 0 radical (unpaired) electrons. The van der Waals surface area contributed by atoms with E-state index >= 15 is 0 Å². The zero-order valence-electron chi connectivity index (χ0n) is 14.4. The minimum atomic E-state index is -0.586. The molecule has 0 amide bonds. The van der Waals surface area contributed by atoms with Crippen molar-refractivity contribution in [1.29, 1.82) is 0 Å². The fourth-order valence-corrected chi connectivity index (χ4v) is 2.89. The summed E-state index contributed by atoms with van der Waals surface area (Å²) in [4.78, 5) is 24.1. The van der Waals surface area contributed by atoms with Crippen molar-refractivity contribution in [3.8, 4) is 11.5 Å². The molecule has 0 saturated heterocycles. The minimum Gasteiger partial charge on any atom is -0.497 e. The number of ether oxygens (including phenoxy) is 2. The van der Waals surface area contributed by atoms with Gasteiger partial charge in [-0.05, 0) is 36.2 Å². The van der Waals surface area contributed by atoms with Crippen LogP contribution in [0.25, 0.3) is 11.0 Å². The number of carbonyl (C=O) groups excluding carboxylic acids is 1. The fraction of sp³-hybridized carbons (Fsp3) is 0.200. The normalized spacial score (nSPS) is 10.7. The molecule has 0 spiro atoms. The molecule has 0 aliphatic carbocycles. The second-order valence-electron chi connectivity index (χ2n) is 5.74. The smallest absolute Gasteiger partial charge is 0.343 e. The monoisotopic (exact) mass is 372 g/mol. The van der Waals surface area contributed by atoms with Gasteiger partial charge in [-0.2, -0.15) is 0 Å². The molecule has 5 nitrogen and oxygen atoms in total. The lowest BCUT2D eigenvalue weighted by atomic mass is 10.1. The largest absolute Gasteiger partial charge is 0.497 e. The van der Waals surface area contributed by atoms with E-state index < -0.39 is 11.6 Å². The molecule has 3 aromatic rings. The Hall–Kier alpha value is -2.79. The zero-order chi connectivity index (χ0) is 18.7. The van der Waals surface area contributed by atoms with Crippen LogP contribution in [0.15, 0.2) is 51.7 Å². The Morgan fingerprint density at radius 3 is 2.73 bits per heavy atom. The van der Waals surface area contributed by atoms with E-state index in [9.17, 15) is 9.59 Å². The van der Waals surface area contributed by atoms with Crippen molar-refractivity contribution >= 4 is 28.5 Å². The molecule has 0 aliphatic heterocycles. The van der Waals surface area contributed by atoms with Gasteiger partial charge in [0.05, 0.1) is 17.7 Å². The lowest BCUT2D eigenvalue weighted by Crippen LogP contribution is -2.09. The Labute approximate surface area is 155 Å². The van der Waals surface area contributed by atoms with Crippen LogP contribution in [0.1, 0.15) is 29.3 Å². The first kappa shape index (κ1) is 18.0. The maximum Gasteiger partial charge on any atom is 0.343 e. The molecule has 0 atom stereocenters. The minimum absolute atomic E-state index is 0.129. The molecule has 0 bridgehead atoms. The summed E-state index contributed by atoms with van der Waals surface area (Å²) in [6.45, 7) is 2.02. The van der Waals surface area contributed by atoms with Crippen molar-refractivity contribution in [2.24, 2.45) is 0 Å². The van der Waals surface area contributed by atoms with Gasteiger partial charge < -0.3 is 13.9 Å². The van der Waals surface area contributed by atoms with Gasteiger partial charge in [0.25, 0.3) is 0 Å². The molecule has 0 aliphatic rings. The third kappa shape index (κ3) is 3.73. The number of methoxy groups -OCH3 is 1. The summed E-state index contributed by atoms with van der Waals surface area (Å²) in [6.07, 6.45) is 1.60. The van der Waals surface area contributed by atoms with Crippen LogP contribution in [0.5, 0.6) is 11.5 Å². The van der Waals surface area contributed by atoms with Crippen molar-refractivity contribution in [1.82, 2.24) is 0 Å². The number of hydrogen-bond donors (Lipinski definition) is 0. The van der Waals surface area contributed by atoms with Gasteiger partial charge in [-0.25, -0.2) is 9.59 Å². The fourth-order valence-electron chi connectivity index (χ4n) is 2.69. The highest BCUT2D eigenvalue weighted by Crippen LogP contribution is 2.32. The number of hydrogen-bond acceptors (Lipinski definition) is 5. The molecule has 0 saturated carbocycles. The van der Waals surface area contributed by atoms with Crippen LogP contribution in [0.4, 0.5) is 0 Å². The second-order valence-corrected chi connectivity index (χ2v) is 6.15. The Bertz CT molecular complexity index is 1020. The van der Waals surface area contributed by atoms with E-state index in [0.717, 1.165) is 23.8 Å². The molecule has 1 heterocycles. The van der Waals surface area contributed by atoms with Crippen LogP contribution in [-0.4, -0.2) is 13.1 Å². The summed E-state index contributed by atoms with van der Waals surface area (Å²) >= 11 is 6.28. The van der Waals surface area contributed by atoms with Crippen molar-refractivity contribution in [2.75, 3.05) is 7.11 Å². The Balaban J connectivity index is 1.98. The number of esters is 1. The van der Waals surface area contributed by atoms with Crippen molar-refractivity contribution in [3.05, 3.63) is 69.0 Å². The number of fused-ring (bicyclic) bond motifs is 1. The van der Waals surface area contributed by atoms with Crippen LogP contribution in [0.2, 0.25) is 5.02 Å². The summed E-state index contributed by atoms with van der Waals surface area (Å²) in [6, 6.07) is 11.2. The van der Waals surface area contributed by atoms with Crippen LogP contribution >= 0.6 is 11.6 Å². The van der Waals surface area contributed by atoms with Crippen LogP contribution in [0.3, 0.4) is 0 Å². The van der Waals surface area contributed by atoms with Gasteiger partial charge in [0.2, 0.25) is 0 Å². The molecule has 0 unspecified atom stereocenters. The van der Waals surface area contributed by atoms with Gasteiger partial charge in [-0.15, -0.1) is 0 Å². The lowest BCUT2D eigenvalue weighted by molar-refractivity contribution is 0.0734. The maximum absolute atomic E-state index is 12.4. The molecule has 134 valence electrons. The van der Waals surface area contributed by atoms with Gasteiger partial charge >= 0.3 is 11.6 Å². The number of aryl methyl sites for hydroxylation is 1. The lowest BCUT2D eigenvalue weighted by Gasteiger charge is -2.10. The molecule has 2 aromatic carbocycles. The quantitative estimate of drug-likeness (QED) is 0.371. The van der Waals surface area contributed by atoms with Crippen LogP contribution in [0, 0.1) is 0 Å². The zero-order valence-corrected chi connectivity index (χ0v) is 15.1. The summed E-state index contributed by atoms with van der Waals surface area (Å²) < 4.78 is 15.7. The van der Waals surface area contributed by atoms with Gasteiger partial charge in [0, 0.05) is 17.5 Å². The number of halogens is 1.